The molecule has 1 aromatic heterocycles. The molecule has 0 aliphatic heterocycles. The summed E-state index contributed by atoms with van der Waals surface area (Å²) in [7, 11) is 3.80. The Labute approximate surface area is 102 Å². The normalized spacial score (nSPS) is 11.0. The molecule has 0 aliphatic carbocycles. The Hall–Kier alpha value is -1.48. The van der Waals surface area contributed by atoms with E-state index in [1.54, 1.807) is 7.11 Å². The number of hydrogen-bond donors (Lipinski definition) is 1. The largest absolute Gasteiger partial charge is 0.496 e. The standard InChI is InChI=1S/C14H20N2O/c1-16-8-6-11-10-14(17-2)12(9-13(11)16)5-3-4-7-15/h6,8-10H,3-5,7,15H2,1-2H3. The van der Waals surface area contributed by atoms with Crippen molar-refractivity contribution in [3.05, 3.63) is 30.0 Å². The third-order valence-corrected chi connectivity index (χ3v) is 3.19. The Morgan fingerprint density at radius 1 is 1.29 bits per heavy atom. The van der Waals surface area contributed by atoms with Crippen molar-refractivity contribution in [2.24, 2.45) is 12.8 Å². The number of hydrogen-bond acceptors (Lipinski definition) is 2. The van der Waals surface area contributed by atoms with Crippen LogP contribution in [0.4, 0.5) is 0 Å². The zero-order valence-corrected chi connectivity index (χ0v) is 10.6. The van der Waals surface area contributed by atoms with Crippen molar-refractivity contribution in [3.63, 3.8) is 0 Å². The molecule has 2 N–H and O–H groups in total. The number of nitrogens with zero attached hydrogens (tertiary/aromatic N) is 1. The summed E-state index contributed by atoms with van der Waals surface area (Å²) < 4.78 is 7.59. The van der Waals surface area contributed by atoms with E-state index in [1.807, 2.05) is 0 Å². The minimum absolute atomic E-state index is 0.759. The fourth-order valence-electron chi connectivity index (χ4n) is 2.18. The maximum atomic E-state index is 5.53. The molecular weight excluding hydrogens is 212 g/mol. The Morgan fingerprint density at radius 2 is 2.12 bits per heavy atom. The number of aromatic nitrogens is 1. The van der Waals surface area contributed by atoms with Crippen LogP contribution in [0, 0.1) is 0 Å². The van der Waals surface area contributed by atoms with Crippen molar-refractivity contribution in [1.29, 1.82) is 0 Å². The molecule has 0 spiro atoms. The van der Waals surface area contributed by atoms with E-state index in [2.05, 4.69) is 36.0 Å². The van der Waals surface area contributed by atoms with Crippen LogP contribution >= 0.6 is 0 Å². The Kier molecular flexibility index (Phi) is 3.69. The van der Waals surface area contributed by atoms with Crippen molar-refractivity contribution in [2.45, 2.75) is 19.3 Å². The zero-order valence-electron chi connectivity index (χ0n) is 10.6. The van der Waals surface area contributed by atoms with E-state index >= 15 is 0 Å². The van der Waals surface area contributed by atoms with E-state index in [0.717, 1.165) is 31.6 Å². The molecule has 0 fully saturated rings. The first kappa shape index (κ1) is 12.0. The number of aryl methyl sites for hydroxylation is 2. The van der Waals surface area contributed by atoms with E-state index in [4.69, 9.17) is 10.5 Å². The molecule has 3 heteroatoms. The monoisotopic (exact) mass is 232 g/mol. The number of benzene rings is 1. The first-order chi connectivity index (χ1) is 8.26. The second-order valence-electron chi connectivity index (χ2n) is 4.40. The average Bonchev–Trinajstić information content (AvgIpc) is 2.70. The second kappa shape index (κ2) is 5.23. The molecule has 0 aliphatic rings. The summed E-state index contributed by atoms with van der Waals surface area (Å²) >= 11 is 0. The molecule has 0 atom stereocenters. The summed E-state index contributed by atoms with van der Waals surface area (Å²) in [6.45, 7) is 0.759. The minimum Gasteiger partial charge on any atom is -0.496 e. The number of ether oxygens (including phenoxy) is 1. The second-order valence-corrected chi connectivity index (χ2v) is 4.40. The van der Waals surface area contributed by atoms with Gasteiger partial charge in [0.25, 0.3) is 0 Å². The van der Waals surface area contributed by atoms with Gasteiger partial charge in [-0.1, -0.05) is 0 Å². The highest BCUT2D eigenvalue weighted by molar-refractivity contribution is 5.82. The summed E-state index contributed by atoms with van der Waals surface area (Å²) in [6.07, 6.45) is 5.28. The topological polar surface area (TPSA) is 40.2 Å². The van der Waals surface area contributed by atoms with Gasteiger partial charge in [0, 0.05) is 24.1 Å². The van der Waals surface area contributed by atoms with Crippen LogP contribution in [0.25, 0.3) is 10.9 Å². The lowest BCUT2D eigenvalue weighted by Gasteiger charge is -2.09. The van der Waals surface area contributed by atoms with Crippen molar-refractivity contribution in [1.82, 2.24) is 4.57 Å². The highest BCUT2D eigenvalue weighted by Gasteiger charge is 2.07. The average molecular weight is 232 g/mol. The van der Waals surface area contributed by atoms with E-state index in [9.17, 15) is 0 Å². The fraction of sp³-hybridized carbons (Fsp3) is 0.429. The molecular formula is C14H20N2O. The number of unbranched alkanes of at least 4 members (excludes halogenated alkanes) is 1. The lowest BCUT2D eigenvalue weighted by Crippen LogP contribution is -2.00. The van der Waals surface area contributed by atoms with Gasteiger partial charge in [0.15, 0.2) is 0 Å². The molecule has 1 heterocycles. The van der Waals surface area contributed by atoms with Gasteiger partial charge in [0.05, 0.1) is 7.11 Å². The molecule has 17 heavy (non-hydrogen) atoms. The maximum Gasteiger partial charge on any atom is 0.122 e. The number of fused-ring (bicyclic) bond motifs is 1. The molecule has 2 rings (SSSR count). The van der Waals surface area contributed by atoms with Crippen LogP contribution in [0.5, 0.6) is 5.75 Å². The van der Waals surface area contributed by atoms with Gasteiger partial charge in [0.2, 0.25) is 0 Å². The molecule has 0 radical (unpaired) electrons. The van der Waals surface area contributed by atoms with Crippen molar-refractivity contribution >= 4 is 10.9 Å². The van der Waals surface area contributed by atoms with Crippen molar-refractivity contribution in [3.8, 4) is 5.75 Å². The summed E-state index contributed by atoms with van der Waals surface area (Å²) in [4.78, 5) is 0. The van der Waals surface area contributed by atoms with Gasteiger partial charge in [-0.15, -0.1) is 0 Å². The van der Waals surface area contributed by atoms with Crippen LogP contribution in [0.2, 0.25) is 0 Å². The van der Waals surface area contributed by atoms with Crippen LogP contribution in [-0.2, 0) is 13.5 Å². The van der Waals surface area contributed by atoms with Crippen molar-refractivity contribution < 1.29 is 4.74 Å². The van der Waals surface area contributed by atoms with Crippen LogP contribution in [0.15, 0.2) is 24.4 Å². The third-order valence-electron chi connectivity index (χ3n) is 3.19. The Balaban J connectivity index is 2.33. The summed E-state index contributed by atoms with van der Waals surface area (Å²) in [6, 6.07) is 6.46. The number of rotatable bonds is 5. The lowest BCUT2D eigenvalue weighted by atomic mass is 10.1. The van der Waals surface area contributed by atoms with E-state index < -0.39 is 0 Å². The maximum absolute atomic E-state index is 5.53. The van der Waals surface area contributed by atoms with Gasteiger partial charge in [-0.05, 0) is 49.6 Å². The Bertz CT molecular complexity index is 502. The van der Waals surface area contributed by atoms with Gasteiger partial charge in [-0.2, -0.15) is 0 Å². The number of methoxy groups -OCH3 is 1. The summed E-state index contributed by atoms with van der Waals surface area (Å²) in [5.74, 6) is 0.987. The first-order valence-corrected chi connectivity index (χ1v) is 6.08. The van der Waals surface area contributed by atoms with Crippen LogP contribution in [0.3, 0.4) is 0 Å². The Morgan fingerprint density at radius 3 is 2.82 bits per heavy atom. The summed E-state index contributed by atoms with van der Waals surface area (Å²) in [5.41, 5.74) is 8.06. The van der Waals surface area contributed by atoms with Gasteiger partial charge >= 0.3 is 0 Å². The fourth-order valence-corrected chi connectivity index (χ4v) is 2.18. The van der Waals surface area contributed by atoms with Crippen LogP contribution in [0.1, 0.15) is 18.4 Å². The number of nitrogens with two attached hydrogens (primary N) is 1. The SMILES string of the molecule is COc1cc2ccn(C)c2cc1CCCCN. The minimum atomic E-state index is 0.759. The van der Waals surface area contributed by atoms with E-state index in [-0.39, 0.29) is 0 Å². The van der Waals surface area contributed by atoms with Crippen LogP contribution < -0.4 is 10.5 Å². The predicted molar refractivity (Wildman–Crippen MR) is 71.5 cm³/mol. The molecule has 0 unspecified atom stereocenters. The lowest BCUT2D eigenvalue weighted by molar-refractivity contribution is 0.409. The molecule has 0 bridgehead atoms. The summed E-state index contributed by atoms with van der Waals surface area (Å²) in [5, 5.41) is 1.23. The molecule has 2 aromatic rings. The van der Waals surface area contributed by atoms with E-state index in [0.29, 0.717) is 0 Å². The van der Waals surface area contributed by atoms with Gasteiger partial charge < -0.3 is 15.0 Å². The smallest absolute Gasteiger partial charge is 0.122 e. The molecule has 1 aromatic carbocycles. The molecule has 92 valence electrons. The van der Waals surface area contributed by atoms with Gasteiger partial charge in [-0.3, -0.25) is 0 Å². The quantitative estimate of drug-likeness (QED) is 0.804. The third kappa shape index (κ3) is 2.44. The molecule has 0 saturated carbocycles. The van der Waals surface area contributed by atoms with Crippen molar-refractivity contribution in [2.75, 3.05) is 13.7 Å². The molecule has 0 amide bonds. The van der Waals surface area contributed by atoms with Crippen LogP contribution in [-0.4, -0.2) is 18.2 Å². The van der Waals surface area contributed by atoms with Gasteiger partial charge in [-0.25, -0.2) is 0 Å². The first-order valence-electron chi connectivity index (χ1n) is 6.08. The zero-order chi connectivity index (χ0) is 12.3. The highest BCUT2D eigenvalue weighted by Crippen LogP contribution is 2.27. The highest BCUT2D eigenvalue weighted by atomic mass is 16.5. The van der Waals surface area contributed by atoms with E-state index in [1.165, 1.54) is 16.5 Å². The predicted octanol–water partition coefficient (Wildman–Crippen LogP) is 2.47. The molecule has 0 saturated heterocycles. The van der Waals surface area contributed by atoms with Gasteiger partial charge in [0.1, 0.15) is 5.75 Å². The molecule has 3 nitrogen and oxygen atoms in total.